The first-order valence-electron chi connectivity index (χ1n) is 2.08. The number of hydrogen-bond donors (Lipinski definition) is 1. The topological polar surface area (TPSA) is 63.6 Å². The summed E-state index contributed by atoms with van der Waals surface area (Å²) < 4.78 is 31.3. The minimum Gasteiger partial charge on any atom is -0.263 e. The van der Waals surface area contributed by atoms with Crippen LogP contribution in [0.1, 0.15) is 13.8 Å². The van der Waals surface area contributed by atoms with Gasteiger partial charge in [0, 0.05) is 0 Å². The average Bonchev–Trinajstić information content (AvgIpc) is 1.14. The highest BCUT2D eigenvalue weighted by Gasteiger charge is 2.20. The van der Waals surface area contributed by atoms with Crippen LogP contribution in [-0.4, -0.2) is 16.6 Å². The van der Waals surface area contributed by atoms with Crippen molar-refractivity contribution in [2.45, 2.75) is 17.5 Å². The monoisotopic (exact) mass is 266 g/mol. The van der Waals surface area contributed by atoms with Gasteiger partial charge in [0.25, 0.3) is 0 Å². The second kappa shape index (κ2) is 2.69. The van der Waals surface area contributed by atoms with Gasteiger partial charge in [0.1, 0.15) is 3.61 Å². The van der Waals surface area contributed by atoms with Gasteiger partial charge in [0.15, 0.2) is 0 Å². The van der Waals surface area contributed by atoms with E-state index in [1.54, 1.807) is 22.6 Å². The molecule has 0 radical (unpaired) electrons. The molecule has 0 aromatic rings. The molecule has 0 bridgehead atoms. The summed E-state index contributed by atoms with van der Waals surface area (Å²) >= 11 is 1.74. The molecule has 0 aromatic heterocycles. The Balaban J connectivity index is 4.07. The molecule has 0 atom stereocenters. The molecule has 0 rings (SSSR count). The van der Waals surface area contributed by atoms with Gasteiger partial charge in [-0.25, -0.2) is 4.18 Å². The van der Waals surface area contributed by atoms with Gasteiger partial charge in [0.2, 0.25) is 0 Å². The number of rotatable bonds is 2. The Kier molecular flexibility index (Phi) is 2.86. The predicted octanol–water partition coefficient (Wildman–Crippen LogP) is 0.977. The molecule has 0 fully saturated rings. The quantitative estimate of drug-likeness (QED) is 0.459. The van der Waals surface area contributed by atoms with E-state index in [1.807, 2.05) is 0 Å². The Morgan fingerprint density at radius 1 is 1.56 bits per heavy atom. The highest BCUT2D eigenvalue weighted by atomic mass is 127. The van der Waals surface area contributed by atoms with Gasteiger partial charge in [-0.15, -0.1) is 0 Å². The molecule has 0 spiro atoms. The molecule has 6 heteroatoms. The fourth-order valence-electron chi connectivity index (χ4n) is 0.250. The van der Waals surface area contributed by atoms with Crippen LogP contribution in [0, 0.1) is 0 Å². The molecule has 0 amide bonds. The molecule has 0 aliphatic carbocycles. The van der Waals surface area contributed by atoms with Crippen molar-refractivity contribution >= 4 is 33.0 Å². The van der Waals surface area contributed by atoms with Crippen molar-refractivity contribution in [2.24, 2.45) is 0 Å². The van der Waals surface area contributed by atoms with Crippen LogP contribution in [0.15, 0.2) is 0 Å². The van der Waals surface area contributed by atoms with E-state index < -0.39 is 14.0 Å². The first-order valence-corrected chi connectivity index (χ1v) is 4.52. The van der Waals surface area contributed by atoms with E-state index >= 15 is 0 Å². The van der Waals surface area contributed by atoms with Crippen LogP contribution in [0.3, 0.4) is 0 Å². The highest BCUT2D eigenvalue weighted by Crippen LogP contribution is 2.19. The van der Waals surface area contributed by atoms with Crippen molar-refractivity contribution in [1.82, 2.24) is 0 Å². The van der Waals surface area contributed by atoms with Crippen LogP contribution in [0.4, 0.5) is 0 Å². The summed E-state index contributed by atoms with van der Waals surface area (Å²) in [6, 6.07) is 0. The molecule has 4 nitrogen and oxygen atoms in total. The number of hydrogen-bond acceptors (Lipinski definition) is 3. The summed E-state index contributed by atoms with van der Waals surface area (Å²) in [7, 11) is -4.29. The lowest BCUT2D eigenvalue weighted by atomic mass is 10.5. The third-order valence-corrected chi connectivity index (χ3v) is 1.45. The van der Waals surface area contributed by atoms with Gasteiger partial charge in [0.05, 0.1) is 0 Å². The van der Waals surface area contributed by atoms with Crippen LogP contribution >= 0.6 is 22.6 Å². The van der Waals surface area contributed by atoms with Crippen molar-refractivity contribution < 1.29 is 17.2 Å². The zero-order valence-corrected chi connectivity index (χ0v) is 7.93. The number of halogens is 1. The lowest BCUT2D eigenvalue weighted by Gasteiger charge is -2.12. The van der Waals surface area contributed by atoms with Crippen molar-refractivity contribution in [3.8, 4) is 0 Å². The van der Waals surface area contributed by atoms with Crippen molar-refractivity contribution in [1.29, 1.82) is 0 Å². The van der Waals surface area contributed by atoms with Crippen molar-refractivity contribution in [3.05, 3.63) is 0 Å². The third-order valence-electron chi connectivity index (χ3n) is 0.303. The van der Waals surface area contributed by atoms with E-state index in [0.717, 1.165) is 0 Å². The normalized spacial score (nSPS) is 13.8. The second-order valence-electron chi connectivity index (χ2n) is 1.87. The van der Waals surface area contributed by atoms with E-state index in [0.29, 0.717) is 0 Å². The van der Waals surface area contributed by atoms with Crippen LogP contribution in [0.2, 0.25) is 0 Å². The summed E-state index contributed by atoms with van der Waals surface area (Å²) in [5.74, 6) is 0. The van der Waals surface area contributed by atoms with Gasteiger partial charge in [-0.2, -0.15) is 8.42 Å². The molecular weight excluding hydrogens is 259 g/mol. The van der Waals surface area contributed by atoms with Crippen LogP contribution in [-0.2, 0) is 14.6 Å². The molecule has 9 heavy (non-hydrogen) atoms. The zero-order chi connectivity index (χ0) is 7.71. The molecule has 0 aliphatic rings. The largest absolute Gasteiger partial charge is 0.398 e. The van der Waals surface area contributed by atoms with Gasteiger partial charge in [-0.3, -0.25) is 4.55 Å². The van der Waals surface area contributed by atoms with E-state index in [4.69, 9.17) is 4.55 Å². The van der Waals surface area contributed by atoms with Gasteiger partial charge >= 0.3 is 10.4 Å². The van der Waals surface area contributed by atoms with Crippen molar-refractivity contribution in [2.75, 3.05) is 0 Å². The minimum absolute atomic E-state index is 0.884. The van der Waals surface area contributed by atoms with Gasteiger partial charge in [-0.1, -0.05) is 0 Å². The van der Waals surface area contributed by atoms with E-state index in [1.165, 1.54) is 13.8 Å². The van der Waals surface area contributed by atoms with Crippen molar-refractivity contribution in [3.63, 3.8) is 0 Å². The first kappa shape index (κ1) is 9.60. The Hall–Kier alpha value is 0.600. The standard InChI is InChI=1S/C3H7IO4S/c1-3(2,4)8-9(5,6)7/h1-2H3,(H,5,6,7). The summed E-state index contributed by atoms with van der Waals surface area (Å²) in [6.07, 6.45) is 0. The molecule has 0 saturated carbocycles. The molecular formula is C3H7IO4S. The maximum absolute atomic E-state index is 9.98. The Morgan fingerprint density at radius 2 is 1.89 bits per heavy atom. The predicted molar refractivity (Wildman–Crippen MR) is 40.7 cm³/mol. The lowest BCUT2D eigenvalue weighted by molar-refractivity contribution is 0.200. The second-order valence-corrected chi connectivity index (χ2v) is 5.49. The van der Waals surface area contributed by atoms with Crippen LogP contribution in [0.25, 0.3) is 0 Å². The Labute approximate surface area is 67.7 Å². The molecule has 0 aromatic carbocycles. The van der Waals surface area contributed by atoms with Gasteiger partial charge < -0.3 is 0 Å². The Bertz CT molecular complexity index is 176. The zero-order valence-electron chi connectivity index (χ0n) is 4.96. The fourth-order valence-corrected chi connectivity index (χ4v) is 1.43. The highest BCUT2D eigenvalue weighted by molar-refractivity contribution is 14.1. The molecule has 0 aliphatic heterocycles. The third kappa shape index (κ3) is 8.60. The summed E-state index contributed by atoms with van der Waals surface area (Å²) in [5, 5.41) is 0. The summed E-state index contributed by atoms with van der Waals surface area (Å²) in [6.45, 7) is 3.03. The minimum atomic E-state index is -4.29. The van der Waals surface area contributed by atoms with Crippen LogP contribution in [0.5, 0.6) is 0 Å². The fraction of sp³-hybridized carbons (Fsp3) is 1.00. The Morgan fingerprint density at radius 3 is 1.89 bits per heavy atom. The smallest absolute Gasteiger partial charge is 0.263 e. The van der Waals surface area contributed by atoms with Gasteiger partial charge in [-0.05, 0) is 36.4 Å². The first-order chi connectivity index (χ1) is 3.71. The van der Waals surface area contributed by atoms with E-state index in [9.17, 15) is 8.42 Å². The van der Waals surface area contributed by atoms with E-state index in [-0.39, 0.29) is 0 Å². The average molecular weight is 266 g/mol. The molecule has 0 saturated heterocycles. The van der Waals surface area contributed by atoms with E-state index in [2.05, 4.69) is 4.18 Å². The maximum Gasteiger partial charge on any atom is 0.398 e. The molecule has 1 N–H and O–H groups in total. The summed E-state index contributed by atoms with van der Waals surface area (Å²) in [4.78, 5) is 0. The number of alkyl halides is 1. The SMILES string of the molecule is CC(C)(I)OS(=O)(=O)O. The maximum atomic E-state index is 9.98. The molecule has 56 valence electrons. The lowest BCUT2D eigenvalue weighted by Crippen LogP contribution is -2.19. The molecule has 0 unspecified atom stereocenters. The molecule has 0 heterocycles. The summed E-state index contributed by atoms with van der Waals surface area (Å²) in [5.41, 5.74) is 0. The van der Waals surface area contributed by atoms with Crippen LogP contribution < -0.4 is 0 Å².